The van der Waals surface area contributed by atoms with Crippen LogP contribution in [-0.4, -0.2) is 16.9 Å². The highest BCUT2D eigenvalue weighted by Crippen LogP contribution is 2.36. The lowest BCUT2D eigenvalue weighted by Gasteiger charge is -2.11. The smallest absolute Gasteiger partial charge is 0.250 e. The summed E-state index contributed by atoms with van der Waals surface area (Å²) in [6.45, 7) is 0. The quantitative estimate of drug-likeness (QED) is 0.854. The molecule has 0 radical (unpaired) electrons. The van der Waals surface area contributed by atoms with Crippen LogP contribution in [0.1, 0.15) is 19.3 Å². The van der Waals surface area contributed by atoms with Gasteiger partial charge in [0.25, 0.3) is 0 Å². The third-order valence-corrected chi connectivity index (χ3v) is 3.25. The zero-order valence-corrected chi connectivity index (χ0v) is 8.84. The Labute approximate surface area is 89.3 Å². The first-order chi connectivity index (χ1) is 6.55. The van der Waals surface area contributed by atoms with Gasteiger partial charge in [-0.25, -0.2) is 13.8 Å². The molecule has 1 aliphatic carbocycles. The molecular weight excluding hydrogens is 230 g/mol. The lowest BCUT2D eigenvalue weighted by atomic mass is 10.2. The highest BCUT2D eigenvalue weighted by molar-refractivity contribution is 7.19. The van der Waals surface area contributed by atoms with Crippen LogP contribution < -0.4 is 5.32 Å². The Balaban J connectivity index is 1.94. The second-order valence-electron chi connectivity index (χ2n) is 3.41. The van der Waals surface area contributed by atoms with Crippen LogP contribution in [0.15, 0.2) is 6.20 Å². The van der Waals surface area contributed by atoms with Crippen LogP contribution in [-0.2, 0) is 0 Å². The number of aromatic nitrogens is 1. The van der Waals surface area contributed by atoms with Gasteiger partial charge >= 0.3 is 0 Å². The van der Waals surface area contributed by atoms with Crippen molar-refractivity contribution in [1.29, 1.82) is 0 Å². The molecule has 1 aromatic rings. The number of halogens is 3. The summed E-state index contributed by atoms with van der Waals surface area (Å²) in [5.74, 6) is -2.52. The van der Waals surface area contributed by atoms with E-state index in [1.165, 1.54) is 17.5 Å². The average molecular weight is 239 g/mol. The van der Waals surface area contributed by atoms with Gasteiger partial charge in [-0.2, -0.15) is 0 Å². The minimum Gasteiger partial charge on any atom is -0.359 e. The van der Waals surface area contributed by atoms with Crippen LogP contribution in [0.3, 0.4) is 0 Å². The molecule has 0 saturated heterocycles. The van der Waals surface area contributed by atoms with Crippen molar-refractivity contribution in [2.75, 3.05) is 5.32 Å². The van der Waals surface area contributed by atoms with Crippen molar-refractivity contribution in [3.05, 3.63) is 10.5 Å². The summed E-state index contributed by atoms with van der Waals surface area (Å²) in [4.78, 5) is 3.96. The van der Waals surface area contributed by atoms with E-state index in [0.29, 0.717) is 15.9 Å². The molecule has 0 aromatic carbocycles. The molecule has 78 valence electrons. The summed E-state index contributed by atoms with van der Waals surface area (Å²) in [6.07, 6.45) is 1.86. The van der Waals surface area contributed by atoms with Gasteiger partial charge in [0.2, 0.25) is 5.92 Å². The fraction of sp³-hybridized carbons (Fsp3) is 0.625. The van der Waals surface area contributed by atoms with Gasteiger partial charge in [0, 0.05) is 18.9 Å². The number of nitrogens with one attached hydrogen (secondary N) is 1. The van der Waals surface area contributed by atoms with Gasteiger partial charge in [-0.3, -0.25) is 0 Å². The Morgan fingerprint density at radius 1 is 1.64 bits per heavy atom. The van der Waals surface area contributed by atoms with E-state index < -0.39 is 5.92 Å². The van der Waals surface area contributed by atoms with E-state index in [4.69, 9.17) is 11.6 Å². The SMILES string of the molecule is FC1(F)CCC(Nc2ncc(Cl)s2)C1. The first kappa shape index (κ1) is 10.1. The highest BCUT2D eigenvalue weighted by Gasteiger charge is 2.39. The average Bonchev–Trinajstić information content (AvgIpc) is 2.59. The number of thiazole rings is 1. The topological polar surface area (TPSA) is 24.9 Å². The molecule has 0 aliphatic heterocycles. The Kier molecular flexibility index (Phi) is 2.62. The van der Waals surface area contributed by atoms with Crippen LogP contribution in [0.5, 0.6) is 0 Å². The van der Waals surface area contributed by atoms with Crippen molar-refractivity contribution in [3.63, 3.8) is 0 Å². The minimum absolute atomic E-state index is 0.0379. The van der Waals surface area contributed by atoms with Crippen molar-refractivity contribution in [2.24, 2.45) is 0 Å². The molecule has 2 nitrogen and oxygen atoms in total. The van der Waals surface area contributed by atoms with Crippen molar-refractivity contribution in [1.82, 2.24) is 4.98 Å². The van der Waals surface area contributed by atoms with E-state index in [0.717, 1.165) is 0 Å². The molecule has 1 fully saturated rings. The summed E-state index contributed by atoms with van der Waals surface area (Å²) >= 11 is 6.94. The lowest BCUT2D eigenvalue weighted by Crippen LogP contribution is -2.18. The largest absolute Gasteiger partial charge is 0.359 e. The van der Waals surface area contributed by atoms with Crippen LogP contribution in [0.25, 0.3) is 0 Å². The Morgan fingerprint density at radius 3 is 2.93 bits per heavy atom. The second kappa shape index (κ2) is 3.62. The minimum atomic E-state index is -2.52. The first-order valence-corrected chi connectivity index (χ1v) is 5.50. The summed E-state index contributed by atoms with van der Waals surface area (Å²) in [5.41, 5.74) is 0. The molecule has 1 N–H and O–H groups in total. The van der Waals surface area contributed by atoms with E-state index >= 15 is 0 Å². The van der Waals surface area contributed by atoms with Gasteiger partial charge in [-0.05, 0) is 6.42 Å². The number of hydrogen-bond acceptors (Lipinski definition) is 3. The molecule has 6 heteroatoms. The van der Waals surface area contributed by atoms with Gasteiger partial charge in [0.1, 0.15) is 4.34 Å². The van der Waals surface area contributed by atoms with Gasteiger partial charge in [-0.1, -0.05) is 22.9 Å². The van der Waals surface area contributed by atoms with Crippen LogP contribution >= 0.6 is 22.9 Å². The number of hydrogen-bond donors (Lipinski definition) is 1. The first-order valence-electron chi connectivity index (χ1n) is 4.31. The maximum atomic E-state index is 12.8. The van der Waals surface area contributed by atoms with E-state index in [-0.39, 0.29) is 18.9 Å². The van der Waals surface area contributed by atoms with Crippen molar-refractivity contribution >= 4 is 28.1 Å². The fourth-order valence-electron chi connectivity index (χ4n) is 1.57. The Bertz CT molecular complexity index is 329. The summed E-state index contributed by atoms with van der Waals surface area (Å²) in [5, 5.41) is 3.58. The fourth-order valence-corrected chi connectivity index (χ4v) is 2.46. The summed E-state index contributed by atoms with van der Waals surface area (Å²) in [6, 6.07) is -0.174. The zero-order chi connectivity index (χ0) is 10.2. The summed E-state index contributed by atoms with van der Waals surface area (Å²) in [7, 11) is 0. The van der Waals surface area contributed by atoms with E-state index in [9.17, 15) is 8.78 Å². The lowest BCUT2D eigenvalue weighted by molar-refractivity contribution is 0.00853. The molecule has 1 heterocycles. The van der Waals surface area contributed by atoms with Crippen molar-refractivity contribution in [2.45, 2.75) is 31.2 Å². The van der Waals surface area contributed by atoms with Gasteiger partial charge in [0.05, 0.1) is 6.20 Å². The van der Waals surface area contributed by atoms with E-state index in [2.05, 4.69) is 10.3 Å². The molecule has 0 amide bonds. The van der Waals surface area contributed by atoms with E-state index in [1.54, 1.807) is 0 Å². The zero-order valence-electron chi connectivity index (χ0n) is 7.27. The number of anilines is 1. The normalized spacial score (nSPS) is 25.2. The predicted molar refractivity (Wildman–Crippen MR) is 53.3 cm³/mol. The molecule has 0 spiro atoms. The standard InChI is InChI=1S/C8H9ClF2N2S/c9-6-4-12-7(14-6)13-5-1-2-8(10,11)3-5/h4-5H,1-3H2,(H,12,13). The van der Waals surface area contributed by atoms with Crippen LogP contribution in [0.2, 0.25) is 4.34 Å². The molecule has 1 aliphatic rings. The molecule has 2 rings (SSSR count). The molecule has 1 atom stereocenters. The highest BCUT2D eigenvalue weighted by atomic mass is 35.5. The Morgan fingerprint density at radius 2 is 2.43 bits per heavy atom. The monoisotopic (exact) mass is 238 g/mol. The molecular formula is C8H9ClF2N2S. The second-order valence-corrected chi connectivity index (χ2v) is 5.07. The molecule has 0 bridgehead atoms. The summed E-state index contributed by atoms with van der Waals surface area (Å²) < 4.78 is 26.2. The predicted octanol–water partition coefficient (Wildman–Crippen LogP) is 3.40. The number of rotatable bonds is 2. The molecule has 1 saturated carbocycles. The van der Waals surface area contributed by atoms with Crippen molar-refractivity contribution < 1.29 is 8.78 Å². The molecule has 1 unspecified atom stereocenters. The van der Waals surface area contributed by atoms with Gasteiger partial charge in [0.15, 0.2) is 5.13 Å². The number of alkyl halides is 2. The maximum absolute atomic E-state index is 12.8. The number of nitrogens with zero attached hydrogens (tertiary/aromatic N) is 1. The Hall–Kier alpha value is -0.420. The van der Waals surface area contributed by atoms with Gasteiger partial charge in [-0.15, -0.1) is 0 Å². The van der Waals surface area contributed by atoms with Crippen molar-refractivity contribution in [3.8, 4) is 0 Å². The third kappa shape index (κ3) is 2.33. The van der Waals surface area contributed by atoms with Gasteiger partial charge < -0.3 is 5.32 Å². The van der Waals surface area contributed by atoms with E-state index in [1.807, 2.05) is 0 Å². The molecule has 1 aromatic heterocycles. The van der Waals surface area contributed by atoms with Crippen LogP contribution in [0.4, 0.5) is 13.9 Å². The molecule has 14 heavy (non-hydrogen) atoms. The van der Waals surface area contributed by atoms with Crippen LogP contribution in [0, 0.1) is 0 Å². The third-order valence-electron chi connectivity index (χ3n) is 2.21. The maximum Gasteiger partial charge on any atom is 0.250 e.